The molecule has 16 heavy (non-hydrogen) atoms. The largest absolute Gasteiger partial charge is 0.476 e. The van der Waals surface area contributed by atoms with Gasteiger partial charge in [-0.3, -0.25) is 0 Å². The standard InChI is InChI=1S/C10H17N3O3/c1-3-4-15-9-8(11)10(13-7-12-9)16-6-5-14-2/h7H,3-6,11H2,1-2H3. The van der Waals surface area contributed by atoms with Gasteiger partial charge in [0.25, 0.3) is 0 Å². The van der Waals surface area contributed by atoms with Crippen LogP contribution in [0.15, 0.2) is 6.33 Å². The molecular weight excluding hydrogens is 210 g/mol. The highest BCUT2D eigenvalue weighted by atomic mass is 16.5. The average molecular weight is 227 g/mol. The monoisotopic (exact) mass is 227 g/mol. The van der Waals surface area contributed by atoms with Gasteiger partial charge < -0.3 is 19.9 Å². The van der Waals surface area contributed by atoms with Crippen LogP contribution in [0.5, 0.6) is 11.8 Å². The van der Waals surface area contributed by atoms with E-state index in [1.807, 2.05) is 6.92 Å². The summed E-state index contributed by atoms with van der Waals surface area (Å²) in [7, 11) is 1.60. The van der Waals surface area contributed by atoms with Gasteiger partial charge >= 0.3 is 0 Å². The molecule has 0 aromatic carbocycles. The van der Waals surface area contributed by atoms with Crippen LogP contribution in [-0.2, 0) is 4.74 Å². The SMILES string of the molecule is CCCOc1ncnc(OCCOC)c1N. The first-order valence-electron chi connectivity index (χ1n) is 5.14. The van der Waals surface area contributed by atoms with E-state index in [0.29, 0.717) is 37.3 Å². The third-order valence-corrected chi connectivity index (χ3v) is 1.78. The number of aromatic nitrogens is 2. The fourth-order valence-corrected chi connectivity index (χ4v) is 1.01. The molecule has 0 unspecified atom stereocenters. The molecule has 0 saturated heterocycles. The van der Waals surface area contributed by atoms with E-state index < -0.39 is 0 Å². The van der Waals surface area contributed by atoms with Crippen LogP contribution < -0.4 is 15.2 Å². The molecule has 0 saturated carbocycles. The molecule has 1 heterocycles. The van der Waals surface area contributed by atoms with Gasteiger partial charge in [0, 0.05) is 7.11 Å². The van der Waals surface area contributed by atoms with Crippen LogP contribution in [0, 0.1) is 0 Å². The number of nitrogens with zero attached hydrogens (tertiary/aromatic N) is 2. The maximum atomic E-state index is 5.79. The van der Waals surface area contributed by atoms with Crippen molar-refractivity contribution in [3.05, 3.63) is 6.33 Å². The van der Waals surface area contributed by atoms with Crippen molar-refractivity contribution in [2.45, 2.75) is 13.3 Å². The molecule has 0 bridgehead atoms. The number of hydrogen-bond acceptors (Lipinski definition) is 6. The van der Waals surface area contributed by atoms with E-state index in [2.05, 4.69) is 9.97 Å². The van der Waals surface area contributed by atoms with Crippen molar-refractivity contribution < 1.29 is 14.2 Å². The number of nitrogen functional groups attached to an aromatic ring is 1. The van der Waals surface area contributed by atoms with Crippen LogP contribution in [0.3, 0.4) is 0 Å². The van der Waals surface area contributed by atoms with Crippen molar-refractivity contribution in [3.63, 3.8) is 0 Å². The minimum atomic E-state index is 0.326. The lowest BCUT2D eigenvalue weighted by molar-refractivity contribution is 0.144. The van der Waals surface area contributed by atoms with Gasteiger partial charge in [0.15, 0.2) is 5.69 Å². The Balaban J connectivity index is 2.62. The van der Waals surface area contributed by atoms with Gasteiger partial charge in [0.05, 0.1) is 13.2 Å². The van der Waals surface area contributed by atoms with E-state index in [-0.39, 0.29) is 0 Å². The molecule has 1 aromatic heterocycles. The van der Waals surface area contributed by atoms with Gasteiger partial charge in [-0.1, -0.05) is 6.92 Å². The van der Waals surface area contributed by atoms with E-state index in [9.17, 15) is 0 Å². The molecular formula is C10H17N3O3. The average Bonchev–Trinajstić information content (AvgIpc) is 2.30. The normalized spacial score (nSPS) is 10.1. The van der Waals surface area contributed by atoms with Crippen LogP contribution in [0.1, 0.15) is 13.3 Å². The van der Waals surface area contributed by atoms with Crippen molar-refractivity contribution in [2.24, 2.45) is 0 Å². The minimum absolute atomic E-state index is 0.326. The van der Waals surface area contributed by atoms with Crippen LogP contribution >= 0.6 is 0 Å². The number of ether oxygens (including phenoxy) is 3. The molecule has 0 atom stereocenters. The van der Waals surface area contributed by atoms with Crippen molar-refractivity contribution in [3.8, 4) is 11.8 Å². The Morgan fingerprint density at radius 3 is 2.31 bits per heavy atom. The second kappa shape index (κ2) is 6.84. The Hall–Kier alpha value is -1.56. The van der Waals surface area contributed by atoms with Gasteiger partial charge in [-0.05, 0) is 6.42 Å². The van der Waals surface area contributed by atoms with Crippen LogP contribution in [0.2, 0.25) is 0 Å². The van der Waals surface area contributed by atoms with E-state index >= 15 is 0 Å². The number of anilines is 1. The van der Waals surface area contributed by atoms with Gasteiger partial charge in [-0.2, -0.15) is 9.97 Å². The topological polar surface area (TPSA) is 79.5 Å². The van der Waals surface area contributed by atoms with Crippen molar-refractivity contribution in [1.29, 1.82) is 0 Å². The predicted octanol–water partition coefficient (Wildman–Crippen LogP) is 0.873. The molecule has 0 aliphatic carbocycles. The highest BCUT2D eigenvalue weighted by molar-refractivity contribution is 5.55. The van der Waals surface area contributed by atoms with Crippen LogP contribution in [0.25, 0.3) is 0 Å². The molecule has 90 valence electrons. The zero-order valence-corrected chi connectivity index (χ0v) is 9.60. The number of methoxy groups -OCH3 is 1. The summed E-state index contributed by atoms with van der Waals surface area (Å²) in [4.78, 5) is 7.86. The lowest BCUT2D eigenvalue weighted by Crippen LogP contribution is -2.09. The molecule has 2 N–H and O–H groups in total. The van der Waals surface area contributed by atoms with E-state index in [0.717, 1.165) is 6.42 Å². The second-order valence-corrected chi connectivity index (χ2v) is 3.09. The van der Waals surface area contributed by atoms with Crippen molar-refractivity contribution in [1.82, 2.24) is 9.97 Å². The zero-order valence-electron chi connectivity index (χ0n) is 9.60. The first-order valence-corrected chi connectivity index (χ1v) is 5.14. The predicted molar refractivity (Wildman–Crippen MR) is 59.6 cm³/mol. The third-order valence-electron chi connectivity index (χ3n) is 1.78. The second-order valence-electron chi connectivity index (χ2n) is 3.09. The number of rotatable bonds is 7. The Morgan fingerprint density at radius 1 is 1.12 bits per heavy atom. The van der Waals surface area contributed by atoms with Crippen molar-refractivity contribution >= 4 is 5.69 Å². The van der Waals surface area contributed by atoms with E-state index in [4.69, 9.17) is 19.9 Å². The molecule has 6 heteroatoms. The summed E-state index contributed by atoms with van der Waals surface area (Å²) in [5.74, 6) is 0.697. The molecule has 0 aliphatic heterocycles. The molecule has 0 amide bonds. The van der Waals surface area contributed by atoms with Crippen LogP contribution in [0.4, 0.5) is 5.69 Å². The molecule has 0 fully saturated rings. The first-order chi connectivity index (χ1) is 7.79. The Labute approximate surface area is 94.7 Å². The lowest BCUT2D eigenvalue weighted by atomic mass is 10.5. The quantitative estimate of drug-likeness (QED) is 0.696. The van der Waals surface area contributed by atoms with E-state index in [1.54, 1.807) is 7.11 Å². The van der Waals surface area contributed by atoms with E-state index in [1.165, 1.54) is 6.33 Å². The van der Waals surface area contributed by atoms with Gasteiger partial charge in [0.2, 0.25) is 11.8 Å². The fourth-order valence-electron chi connectivity index (χ4n) is 1.01. The summed E-state index contributed by atoms with van der Waals surface area (Å²) in [6.45, 7) is 3.45. The van der Waals surface area contributed by atoms with Crippen molar-refractivity contribution in [2.75, 3.05) is 32.7 Å². The molecule has 1 rings (SSSR count). The maximum absolute atomic E-state index is 5.79. The zero-order chi connectivity index (χ0) is 11.8. The summed E-state index contributed by atoms with van der Waals surface area (Å²) in [6.07, 6.45) is 2.26. The summed E-state index contributed by atoms with van der Waals surface area (Å²) in [5, 5.41) is 0. The number of hydrogen-bond donors (Lipinski definition) is 1. The fraction of sp³-hybridized carbons (Fsp3) is 0.600. The van der Waals surface area contributed by atoms with Gasteiger partial charge in [-0.15, -0.1) is 0 Å². The smallest absolute Gasteiger partial charge is 0.244 e. The summed E-state index contributed by atoms with van der Waals surface area (Å²) in [6, 6.07) is 0. The first kappa shape index (κ1) is 12.5. The Kier molecular flexibility index (Phi) is 5.35. The maximum Gasteiger partial charge on any atom is 0.244 e. The number of nitrogens with two attached hydrogens (primary N) is 1. The third kappa shape index (κ3) is 3.54. The molecule has 0 aliphatic rings. The Morgan fingerprint density at radius 2 is 1.75 bits per heavy atom. The van der Waals surface area contributed by atoms with Gasteiger partial charge in [-0.25, -0.2) is 0 Å². The summed E-state index contributed by atoms with van der Waals surface area (Å²) >= 11 is 0. The van der Waals surface area contributed by atoms with Gasteiger partial charge in [0.1, 0.15) is 12.9 Å². The summed E-state index contributed by atoms with van der Waals surface area (Å²) in [5.41, 5.74) is 6.12. The molecule has 0 spiro atoms. The minimum Gasteiger partial charge on any atom is -0.476 e. The molecule has 6 nitrogen and oxygen atoms in total. The Bertz CT molecular complexity index is 320. The summed E-state index contributed by atoms with van der Waals surface area (Å²) < 4.78 is 15.5. The van der Waals surface area contributed by atoms with Crippen LogP contribution in [-0.4, -0.2) is 36.9 Å². The highest BCUT2D eigenvalue weighted by Crippen LogP contribution is 2.26. The molecule has 1 aromatic rings. The highest BCUT2D eigenvalue weighted by Gasteiger charge is 2.09. The molecule has 0 radical (unpaired) electrons. The lowest BCUT2D eigenvalue weighted by Gasteiger charge is -2.10.